The molecule has 5 atom stereocenters. The summed E-state index contributed by atoms with van der Waals surface area (Å²) >= 11 is 0. The van der Waals surface area contributed by atoms with Crippen molar-refractivity contribution in [2.24, 2.45) is 17.3 Å². The summed E-state index contributed by atoms with van der Waals surface area (Å²) in [6, 6.07) is 6.02. The Hall–Kier alpha value is -1.06. The molecule has 4 rings (SSSR count). The minimum Gasteiger partial charge on any atom is -0.508 e. The Kier molecular flexibility index (Phi) is 4.34. The van der Waals surface area contributed by atoms with E-state index in [0.717, 1.165) is 24.7 Å². The lowest BCUT2D eigenvalue weighted by atomic mass is 9.55. The number of hydrogen-bond acceptors (Lipinski definition) is 3. The lowest BCUT2D eigenvalue weighted by Crippen LogP contribution is -2.44. The molecule has 1 aromatic carbocycles. The summed E-state index contributed by atoms with van der Waals surface area (Å²) < 4.78 is 6.19. The summed E-state index contributed by atoms with van der Waals surface area (Å²) in [7, 11) is 0. The van der Waals surface area contributed by atoms with Gasteiger partial charge in [0.2, 0.25) is 0 Å². The Labute approximate surface area is 145 Å². The van der Waals surface area contributed by atoms with Crippen molar-refractivity contribution in [2.45, 2.75) is 63.9 Å². The molecule has 3 aliphatic rings. The van der Waals surface area contributed by atoms with Gasteiger partial charge in [0.25, 0.3) is 0 Å². The second-order valence-electron chi connectivity index (χ2n) is 8.36. The SMILES string of the molecule is C[C@]12CC[C@@H]3c4ccc(O)cc4CC[C@H]3[C@@H]1CC[C@@H]2OCCCO. The zero-order chi connectivity index (χ0) is 16.7. The topological polar surface area (TPSA) is 49.7 Å². The van der Waals surface area contributed by atoms with E-state index in [-0.39, 0.29) is 6.61 Å². The van der Waals surface area contributed by atoms with Crippen LogP contribution in [0.25, 0.3) is 0 Å². The maximum atomic E-state index is 9.78. The fraction of sp³-hybridized carbons (Fsp3) is 0.714. The Bertz CT molecular complexity index is 599. The van der Waals surface area contributed by atoms with Crippen molar-refractivity contribution in [1.29, 1.82) is 0 Å². The fourth-order valence-electron chi connectivity index (χ4n) is 6.08. The molecule has 3 heteroatoms. The third-order valence-electron chi connectivity index (χ3n) is 7.24. The van der Waals surface area contributed by atoms with Gasteiger partial charge in [0, 0.05) is 13.2 Å². The summed E-state index contributed by atoms with van der Waals surface area (Å²) in [6.07, 6.45) is 8.43. The monoisotopic (exact) mass is 330 g/mol. The van der Waals surface area contributed by atoms with Crippen LogP contribution >= 0.6 is 0 Å². The number of aromatic hydroxyl groups is 1. The standard InChI is InChI=1S/C21H30O3/c1-21-10-9-17-16-6-4-15(23)13-14(16)3-5-18(17)19(21)7-8-20(21)24-12-2-11-22/h4,6,13,17-20,22-23H,2-3,5,7-12H2,1H3/t17-,18-,19+,20+,21+/m1/s1. The Morgan fingerprint density at radius 1 is 1.21 bits per heavy atom. The second-order valence-corrected chi connectivity index (χ2v) is 8.36. The van der Waals surface area contributed by atoms with Gasteiger partial charge in [0.1, 0.15) is 5.75 Å². The molecule has 3 aliphatic carbocycles. The van der Waals surface area contributed by atoms with Crippen LogP contribution < -0.4 is 0 Å². The van der Waals surface area contributed by atoms with Gasteiger partial charge >= 0.3 is 0 Å². The lowest BCUT2D eigenvalue weighted by molar-refractivity contribution is -0.0661. The molecule has 2 fully saturated rings. The molecule has 0 unspecified atom stereocenters. The van der Waals surface area contributed by atoms with Crippen molar-refractivity contribution < 1.29 is 14.9 Å². The number of aliphatic hydroxyl groups is 1. The van der Waals surface area contributed by atoms with Crippen LogP contribution in [0.5, 0.6) is 5.75 Å². The summed E-state index contributed by atoms with van der Waals surface area (Å²) in [5.74, 6) is 2.61. The van der Waals surface area contributed by atoms with Crippen LogP contribution in [0.15, 0.2) is 18.2 Å². The number of rotatable bonds is 4. The van der Waals surface area contributed by atoms with E-state index in [4.69, 9.17) is 9.84 Å². The van der Waals surface area contributed by atoms with Crippen molar-refractivity contribution in [3.8, 4) is 5.75 Å². The van der Waals surface area contributed by atoms with E-state index >= 15 is 0 Å². The number of aryl methyl sites for hydroxylation is 1. The molecule has 0 amide bonds. The largest absolute Gasteiger partial charge is 0.508 e. The van der Waals surface area contributed by atoms with Crippen LogP contribution in [0.4, 0.5) is 0 Å². The third-order valence-corrected chi connectivity index (χ3v) is 7.24. The number of phenols is 1. The lowest BCUT2D eigenvalue weighted by Gasteiger charge is -2.50. The smallest absolute Gasteiger partial charge is 0.115 e. The highest BCUT2D eigenvalue weighted by Gasteiger charge is 2.55. The number of aliphatic hydroxyl groups excluding tert-OH is 1. The molecule has 0 saturated heterocycles. The van der Waals surface area contributed by atoms with Crippen LogP contribution in [0.1, 0.15) is 62.5 Å². The molecule has 0 heterocycles. The minimum atomic E-state index is 0.223. The van der Waals surface area contributed by atoms with E-state index in [1.807, 2.05) is 12.1 Å². The highest BCUT2D eigenvalue weighted by atomic mass is 16.5. The van der Waals surface area contributed by atoms with E-state index in [0.29, 0.717) is 29.8 Å². The van der Waals surface area contributed by atoms with Gasteiger partial charge < -0.3 is 14.9 Å². The first-order chi connectivity index (χ1) is 11.6. The van der Waals surface area contributed by atoms with Gasteiger partial charge in [-0.1, -0.05) is 13.0 Å². The molecule has 0 aromatic heterocycles. The Morgan fingerprint density at radius 2 is 2.08 bits per heavy atom. The van der Waals surface area contributed by atoms with Crippen molar-refractivity contribution in [3.63, 3.8) is 0 Å². The summed E-state index contributed by atoms with van der Waals surface area (Å²) in [4.78, 5) is 0. The van der Waals surface area contributed by atoms with Crippen molar-refractivity contribution >= 4 is 0 Å². The predicted octanol–water partition coefficient (Wildman–Crippen LogP) is 4.02. The highest BCUT2D eigenvalue weighted by molar-refractivity contribution is 5.40. The van der Waals surface area contributed by atoms with Gasteiger partial charge in [-0.3, -0.25) is 0 Å². The summed E-state index contributed by atoms with van der Waals surface area (Å²) in [5.41, 5.74) is 3.18. The van der Waals surface area contributed by atoms with Gasteiger partial charge in [-0.15, -0.1) is 0 Å². The third kappa shape index (κ3) is 2.57. The Balaban J connectivity index is 1.54. The number of phenolic OH excluding ortho intramolecular Hbond substituents is 1. The second kappa shape index (κ2) is 6.34. The number of ether oxygens (including phenoxy) is 1. The summed E-state index contributed by atoms with van der Waals surface area (Å²) in [6.45, 7) is 3.37. The first kappa shape index (κ1) is 16.4. The summed E-state index contributed by atoms with van der Waals surface area (Å²) in [5, 5.41) is 18.8. The molecule has 0 radical (unpaired) electrons. The maximum absolute atomic E-state index is 9.78. The van der Waals surface area contributed by atoms with Crippen LogP contribution in [-0.2, 0) is 11.2 Å². The quantitative estimate of drug-likeness (QED) is 0.820. The molecule has 0 bridgehead atoms. The molecular formula is C21H30O3. The molecule has 0 spiro atoms. The molecule has 0 aliphatic heterocycles. The average molecular weight is 330 g/mol. The van der Waals surface area contributed by atoms with Crippen LogP contribution in [0.2, 0.25) is 0 Å². The molecule has 2 N–H and O–H groups in total. The first-order valence-corrected chi connectivity index (χ1v) is 9.68. The maximum Gasteiger partial charge on any atom is 0.115 e. The molecule has 1 aromatic rings. The van der Waals surface area contributed by atoms with Crippen LogP contribution in [0.3, 0.4) is 0 Å². The zero-order valence-corrected chi connectivity index (χ0v) is 14.7. The molecule has 3 nitrogen and oxygen atoms in total. The average Bonchev–Trinajstić information content (AvgIpc) is 2.91. The molecule has 2 saturated carbocycles. The molecule has 132 valence electrons. The van der Waals surface area contributed by atoms with Crippen molar-refractivity contribution in [2.75, 3.05) is 13.2 Å². The number of hydrogen-bond donors (Lipinski definition) is 2. The van der Waals surface area contributed by atoms with Gasteiger partial charge in [0.15, 0.2) is 0 Å². The number of benzene rings is 1. The van der Waals surface area contributed by atoms with E-state index in [1.54, 1.807) is 0 Å². The normalized spacial score (nSPS) is 37.6. The van der Waals surface area contributed by atoms with E-state index in [2.05, 4.69) is 13.0 Å². The van der Waals surface area contributed by atoms with Gasteiger partial charge in [-0.05, 0) is 91.4 Å². The van der Waals surface area contributed by atoms with Gasteiger partial charge in [0.05, 0.1) is 6.10 Å². The van der Waals surface area contributed by atoms with E-state index in [1.165, 1.54) is 43.2 Å². The van der Waals surface area contributed by atoms with Crippen LogP contribution in [0, 0.1) is 17.3 Å². The van der Waals surface area contributed by atoms with Gasteiger partial charge in [-0.2, -0.15) is 0 Å². The molecule has 24 heavy (non-hydrogen) atoms. The zero-order valence-electron chi connectivity index (χ0n) is 14.7. The predicted molar refractivity (Wildman–Crippen MR) is 94.2 cm³/mol. The fourth-order valence-corrected chi connectivity index (χ4v) is 6.08. The van der Waals surface area contributed by atoms with Crippen molar-refractivity contribution in [3.05, 3.63) is 29.3 Å². The number of fused-ring (bicyclic) bond motifs is 5. The highest BCUT2D eigenvalue weighted by Crippen LogP contribution is 2.61. The van der Waals surface area contributed by atoms with Crippen LogP contribution in [-0.4, -0.2) is 29.5 Å². The molecular weight excluding hydrogens is 300 g/mol. The van der Waals surface area contributed by atoms with E-state index in [9.17, 15) is 5.11 Å². The van der Waals surface area contributed by atoms with Crippen molar-refractivity contribution in [1.82, 2.24) is 0 Å². The van der Waals surface area contributed by atoms with Gasteiger partial charge in [-0.25, -0.2) is 0 Å². The van der Waals surface area contributed by atoms with E-state index < -0.39 is 0 Å². The Morgan fingerprint density at radius 3 is 2.92 bits per heavy atom. The first-order valence-electron chi connectivity index (χ1n) is 9.68. The minimum absolute atomic E-state index is 0.223.